The van der Waals surface area contributed by atoms with E-state index in [1.54, 1.807) is 12.1 Å². The van der Waals surface area contributed by atoms with Gasteiger partial charge in [-0.15, -0.1) is 0 Å². The van der Waals surface area contributed by atoms with E-state index in [0.29, 0.717) is 5.69 Å². The second-order valence-electron chi connectivity index (χ2n) is 4.31. The summed E-state index contributed by atoms with van der Waals surface area (Å²) in [6.45, 7) is 0. The maximum absolute atomic E-state index is 11.8. The topological polar surface area (TPSA) is 89.3 Å². The van der Waals surface area contributed by atoms with E-state index in [2.05, 4.69) is 5.32 Å². The zero-order chi connectivity index (χ0) is 15.3. The molecule has 2 rings (SSSR count). The first kappa shape index (κ1) is 15.0. The minimum Gasteiger partial charge on any atom is -0.322 e. The molecule has 0 spiro atoms. The minimum absolute atomic E-state index is 0.0488. The van der Waals surface area contributed by atoms with Gasteiger partial charge in [0.05, 0.1) is 4.90 Å². The Hall–Kier alpha value is -2.44. The number of nitrogens with one attached hydrogen (secondary N) is 1. The molecule has 0 aromatic heterocycles. The van der Waals surface area contributed by atoms with Gasteiger partial charge in [0.15, 0.2) is 0 Å². The number of anilines is 1. The third-order valence-corrected chi connectivity index (χ3v) is 3.57. The number of nitrogens with two attached hydrogens (primary N) is 1. The highest BCUT2D eigenvalue weighted by Gasteiger charge is 2.08. The molecule has 0 saturated heterocycles. The van der Waals surface area contributed by atoms with Gasteiger partial charge in [-0.3, -0.25) is 4.79 Å². The van der Waals surface area contributed by atoms with Crippen molar-refractivity contribution in [3.05, 3.63) is 66.2 Å². The lowest BCUT2D eigenvalue weighted by atomic mass is 10.2. The number of amides is 1. The van der Waals surface area contributed by atoms with Crippen LogP contribution in [-0.2, 0) is 14.8 Å². The Morgan fingerprint density at radius 3 is 2.43 bits per heavy atom. The van der Waals surface area contributed by atoms with Crippen LogP contribution in [0.1, 0.15) is 5.56 Å². The third-order valence-electron chi connectivity index (χ3n) is 2.66. The molecule has 5 nitrogen and oxygen atoms in total. The first-order valence-electron chi connectivity index (χ1n) is 6.12. The predicted octanol–water partition coefficient (Wildman–Crippen LogP) is 1.99. The van der Waals surface area contributed by atoms with Crippen LogP contribution in [0.3, 0.4) is 0 Å². The summed E-state index contributed by atoms with van der Waals surface area (Å²) in [4.78, 5) is 11.7. The average Bonchev–Trinajstić information content (AvgIpc) is 2.46. The lowest BCUT2D eigenvalue weighted by Crippen LogP contribution is -2.13. The van der Waals surface area contributed by atoms with Crippen molar-refractivity contribution in [2.45, 2.75) is 4.90 Å². The molecule has 1 amide bonds. The van der Waals surface area contributed by atoms with Gasteiger partial charge in [0.2, 0.25) is 15.9 Å². The number of benzene rings is 2. The van der Waals surface area contributed by atoms with Crippen LogP contribution in [0.15, 0.2) is 65.6 Å². The monoisotopic (exact) mass is 302 g/mol. The quantitative estimate of drug-likeness (QED) is 0.846. The summed E-state index contributed by atoms with van der Waals surface area (Å²) in [5.74, 6) is -0.356. The molecular formula is C15H14N2O3S. The van der Waals surface area contributed by atoms with E-state index in [-0.39, 0.29) is 10.8 Å². The average molecular weight is 302 g/mol. The minimum atomic E-state index is -3.79. The van der Waals surface area contributed by atoms with Crippen LogP contribution in [0.4, 0.5) is 5.69 Å². The molecule has 0 fully saturated rings. The third kappa shape index (κ3) is 4.55. The predicted molar refractivity (Wildman–Crippen MR) is 81.9 cm³/mol. The lowest BCUT2D eigenvalue weighted by molar-refractivity contribution is -0.111. The Kier molecular flexibility index (Phi) is 4.52. The summed E-state index contributed by atoms with van der Waals surface area (Å²) in [6, 6.07) is 15.1. The number of sulfonamides is 1. The van der Waals surface area contributed by atoms with E-state index >= 15 is 0 Å². The molecule has 0 saturated carbocycles. The zero-order valence-corrected chi connectivity index (χ0v) is 11.9. The highest BCUT2D eigenvalue weighted by Crippen LogP contribution is 2.14. The fraction of sp³-hybridized carbons (Fsp3) is 0. The van der Waals surface area contributed by atoms with Crippen molar-refractivity contribution >= 4 is 27.7 Å². The maximum Gasteiger partial charge on any atom is 0.248 e. The Morgan fingerprint density at radius 1 is 1.05 bits per heavy atom. The first-order chi connectivity index (χ1) is 9.95. The highest BCUT2D eigenvalue weighted by atomic mass is 32.2. The summed E-state index contributed by atoms with van der Waals surface area (Å²) in [5.41, 5.74) is 1.26. The molecule has 2 aromatic rings. The molecule has 0 radical (unpaired) electrons. The van der Waals surface area contributed by atoms with Crippen LogP contribution in [0.5, 0.6) is 0 Å². The highest BCUT2D eigenvalue weighted by molar-refractivity contribution is 7.89. The van der Waals surface area contributed by atoms with Gasteiger partial charge in [-0.25, -0.2) is 13.6 Å². The molecule has 0 heterocycles. The Labute approximate surface area is 123 Å². The molecular weight excluding hydrogens is 288 g/mol. The van der Waals surface area contributed by atoms with E-state index in [1.807, 2.05) is 30.3 Å². The van der Waals surface area contributed by atoms with Crippen molar-refractivity contribution < 1.29 is 13.2 Å². The summed E-state index contributed by atoms with van der Waals surface area (Å²) in [5, 5.41) is 7.62. The van der Waals surface area contributed by atoms with Crippen molar-refractivity contribution in [1.29, 1.82) is 0 Å². The van der Waals surface area contributed by atoms with E-state index in [1.165, 1.54) is 24.3 Å². The van der Waals surface area contributed by atoms with Crippen molar-refractivity contribution in [3.8, 4) is 0 Å². The van der Waals surface area contributed by atoms with Crippen molar-refractivity contribution in [3.63, 3.8) is 0 Å². The molecule has 6 heteroatoms. The van der Waals surface area contributed by atoms with Gasteiger partial charge in [-0.2, -0.15) is 0 Å². The second-order valence-corrected chi connectivity index (χ2v) is 5.87. The van der Waals surface area contributed by atoms with Gasteiger partial charge in [0.25, 0.3) is 0 Å². The van der Waals surface area contributed by atoms with Crippen LogP contribution >= 0.6 is 0 Å². The number of rotatable bonds is 4. The number of carbonyl (C=O) groups excluding carboxylic acids is 1. The van der Waals surface area contributed by atoms with Gasteiger partial charge >= 0.3 is 0 Å². The first-order valence-corrected chi connectivity index (χ1v) is 7.67. The van der Waals surface area contributed by atoms with Gasteiger partial charge in [-0.05, 0) is 29.8 Å². The number of carbonyl (C=O) groups is 1. The maximum atomic E-state index is 11.8. The largest absolute Gasteiger partial charge is 0.322 e. The van der Waals surface area contributed by atoms with Crippen LogP contribution < -0.4 is 10.5 Å². The summed E-state index contributed by atoms with van der Waals surface area (Å²) >= 11 is 0. The lowest BCUT2D eigenvalue weighted by Gasteiger charge is -2.04. The van der Waals surface area contributed by atoms with Gasteiger partial charge in [0, 0.05) is 11.8 Å². The molecule has 0 atom stereocenters. The summed E-state index contributed by atoms with van der Waals surface area (Å²) < 4.78 is 22.5. The number of primary sulfonamides is 1. The van der Waals surface area contributed by atoms with E-state index < -0.39 is 10.0 Å². The molecule has 0 unspecified atom stereocenters. The van der Waals surface area contributed by atoms with Crippen LogP contribution in [0.2, 0.25) is 0 Å². The molecule has 0 bridgehead atoms. The summed E-state index contributed by atoms with van der Waals surface area (Å²) in [6.07, 6.45) is 3.04. The Balaban J connectivity index is 2.08. The van der Waals surface area contributed by atoms with Crippen molar-refractivity contribution in [2.24, 2.45) is 5.14 Å². The van der Waals surface area contributed by atoms with E-state index in [0.717, 1.165) is 5.56 Å². The van der Waals surface area contributed by atoms with Crippen molar-refractivity contribution in [1.82, 2.24) is 0 Å². The molecule has 108 valence electrons. The second kappa shape index (κ2) is 6.34. The fourth-order valence-corrected chi connectivity index (χ4v) is 2.23. The molecule has 0 aliphatic rings. The molecule has 3 N–H and O–H groups in total. The van der Waals surface area contributed by atoms with Gasteiger partial charge in [-0.1, -0.05) is 36.4 Å². The zero-order valence-electron chi connectivity index (χ0n) is 11.1. The normalized spacial score (nSPS) is 11.5. The standard InChI is InChI=1S/C15H14N2O3S/c16-21(19,20)14-8-4-7-13(11-14)17-15(18)10-9-12-5-2-1-3-6-12/h1-11H,(H,17,18)(H2,16,19,20). The SMILES string of the molecule is NS(=O)(=O)c1cccc(NC(=O)C=Cc2ccccc2)c1. The Morgan fingerprint density at radius 2 is 1.76 bits per heavy atom. The molecule has 2 aromatic carbocycles. The van der Waals surface area contributed by atoms with Gasteiger partial charge in [0.1, 0.15) is 0 Å². The van der Waals surface area contributed by atoms with Gasteiger partial charge < -0.3 is 5.32 Å². The number of hydrogen-bond acceptors (Lipinski definition) is 3. The van der Waals surface area contributed by atoms with E-state index in [9.17, 15) is 13.2 Å². The fourth-order valence-electron chi connectivity index (χ4n) is 1.67. The van der Waals surface area contributed by atoms with Crippen LogP contribution in [0.25, 0.3) is 6.08 Å². The molecule has 21 heavy (non-hydrogen) atoms. The van der Waals surface area contributed by atoms with Crippen molar-refractivity contribution in [2.75, 3.05) is 5.32 Å². The number of hydrogen-bond donors (Lipinski definition) is 2. The smallest absolute Gasteiger partial charge is 0.248 e. The molecule has 0 aliphatic heterocycles. The van der Waals surface area contributed by atoms with Crippen LogP contribution in [0, 0.1) is 0 Å². The molecule has 0 aliphatic carbocycles. The Bertz CT molecular complexity index is 769. The van der Waals surface area contributed by atoms with E-state index in [4.69, 9.17) is 5.14 Å². The summed E-state index contributed by atoms with van der Waals surface area (Å²) in [7, 11) is -3.79. The van der Waals surface area contributed by atoms with Crippen LogP contribution in [-0.4, -0.2) is 14.3 Å².